The van der Waals surface area contributed by atoms with Crippen LogP contribution in [0.3, 0.4) is 0 Å². The molecule has 0 saturated carbocycles. The molecule has 0 aromatic heterocycles. The lowest BCUT2D eigenvalue weighted by Gasteiger charge is -2.27. The molecule has 0 amide bonds. The zero-order valence-corrected chi connectivity index (χ0v) is 14.2. The predicted molar refractivity (Wildman–Crippen MR) is 83.8 cm³/mol. The van der Waals surface area contributed by atoms with Gasteiger partial charge in [0.1, 0.15) is 0 Å². The van der Waals surface area contributed by atoms with E-state index in [1.165, 1.54) is 27.7 Å². The first-order valence-electron chi connectivity index (χ1n) is 4.72. The van der Waals surface area contributed by atoms with Crippen molar-refractivity contribution in [3.63, 3.8) is 0 Å². The Bertz CT molecular complexity index is 94.4. The van der Waals surface area contributed by atoms with Crippen molar-refractivity contribution in [1.82, 2.24) is 0 Å². The van der Waals surface area contributed by atoms with Crippen LogP contribution >= 0.6 is 56.2 Å². The molecule has 0 N–H and O–H groups in total. The quantitative estimate of drug-likeness (QED) is 0.350. The monoisotopic (exact) mass is 366 g/mol. The summed E-state index contributed by atoms with van der Waals surface area (Å²) in [5.74, 6) is 3.88. The van der Waals surface area contributed by atoms with E-state index in [4.69, 9.17) is 0 Å². The maximum Gasteiger partial charge on any atom is 0.238 e. The molecule has 0 fully saturated rings. The molecule has 0 radical (unpaired) electrons. The van der Waals surface area contributed by atoms with Crippen molar-refractivity contribution in [1.29, 1.82) is 0 Å². The van der Waals surface area contributed by atoms with E-state index in [-0.39, 0.29) is 0 Å². The van der Waals surface area contributed by atoms with Crippen molar-refractivity contribution >= 4 is 61.7 Å². The third kappa shape index (κ3) is 6.22. The Labute approximate surface area is 109 Å². The minimum absolute atomic E-state index is 1.05. The number of alkyl halides is 1. The summed E-state index contributed by atoms with van der Waals surface area (Å²) in [6.45, 7) is 6.89. The molecule has 0 aromatic rings. The van der Waals surface area contributed by atoms with Gasteiger partial charge < -0.3 is 0 Å². The first kappa shape index (κ1) is 15.0. The maximum atomic E-state index is 2.53. The van der Waals surface area contributed by atoms with Gasteiger partial charge in [-0.3, -0.25) is 0 Å². The third-order valence-corrected chi connectivity index (χ3v) is 20.9. The maximum absolute atomic E-state index is 2.53. The van der Waals surface area contributed by atoms with Gasteiger partial charge in [0.15, 0.2) is 0 Å². The molecular weight excluding hydrogens is 347 g/mol. The van der Waals surface area contributed by atoms with Crippen molar-refractivity contribution < 1.29 is 0 Å². The van der Waals surface area contributed by atoms with E-state index < -0.39 is 5.52 Å². The Hall–Kier alpha value is 2.00. The Kier molecular flexibility index (Phi) is 10.7. The van der Waals surface area contributed by atoms with Crippen LogP contribution < -0.4 is 0 Å². The summed E-state index contributed by atoms with van der Waals surface area (Å²) < 4.78 is 1.33. The van der Waals surface area contributed by atoms with Crippen LogP contribution in [0.15, 0.2) is 0 Å². The highest BCUT2D eigenvalue weighted by Gasteiger charge is 2.33. The molecule has 0 aliphatic carbocycles. The van der Waals surface area contributed by atoms with Crippen LogP contribution in [0.25, 0.3) is 0 Å². The highest BCUT2D eigenvalue weighted by Crippen LogP contribution is 2.45. The van der Waals surface area contributed by atoms with E-state index in [1.807, 2.05) is 0 Å². The summed E-state index contributed by atoms with van der Waals surface area (Å²) >= 11 is 9.30. The fraction of sp³-hybridized carbons (Fsp3) is 1.00. The summed E-state index contributed by atoms with van der Waals surface area (Å²) in [7, 11) is 0. The zero-order chi connectivity index (χ0) is 10.2. The lowest BCUT2D eigenvalue weighted by Crippen LogP contribution is -2.24. The second kappa shape index (κ2) is 9.24. The van der Waals surface area contributed by atoms with Gasteiger partial charge >= 0.3 is 0 Å². The lowest BCUT2D eigenvalue weighted by atomic mass is 11.0. The molecule has 5 heteroatoms. The van der Waals surface area contributed by atoms with Gasteiger partial charge in [-0.2, -0.15) is 33.6 Å². The average molecular weight is 366 g/mol. The summed E-state index contributed by atoms with van der Waals surface area (Å²) in [5.41, 5.74) is -1.05. The van der Waals surface area contributed by atoms with Crippen molar-refractivity contribution in [3.05, 3.63) is 0 Å². The molecule has 0 unspecified atom stereocenters. The largest absolute Gasteiger partial charge is 0.238 e. The van der Waals surface area contributed by atoms with E-state index in [2.05, 4.69) is 77.0 Å². The van der Waals surface area contributed by atoms with Gasteiger partial charge in [-0.05, 0) is 27.7 Å². The fourth-order valence-electron chi connectivity index (χ4n) is 1.12. The second-order valence-corrected chi connectivity index (χ2v) is 19.2. The van der Waals surface area contributed by atoms with Crippen molar-refractivity contribution in [2.24, 2.45) is 0 Å². The first-order valence-corrected chi connectivity index (χ1v) is 13.6. The number of hydrogen-bond acceptors (Lipinski definition) is 3. The van der Waals surface area contributed by atoms with Crippen molar-refractivity contribution in [2.75, 3.05) is 21.7 Å². The van der Waals surface area contributed by atoms with E-state index in [0.717, 1.165) is 0 Å². The highest BCUT2D eigenvalue weighted by atomic mass is 127. The van der Waals surface area contributed by atoms with Crippen LogP contribution in [-0.2, 0) is 0 Å². The number of rotatable bonds is 8. The molecule has 80 valence electrons. The van der Waals surface area contributed by atoms with Crippen LogP contribution in [0.5, 0.6) is 0 Å². The molecule has 0 aliphatic rings. The van der Waals surface area contributed by atoms with Gasteiger partial charge in [0.05, 0.1) is 0 Å². The van der Waals surface area contributed by atoms with E-state index >= 15 is 0 Å². The molecule has 0 rings (SSSR count). The minimum Gasteiger partial charge on any atom is -0.162 e. The fourth-order valence-corrected chi connectivity index (χ4v) is 24.6. The summed E-state index contributed by atoms with van der Waals surface area (Å²) in [6, 6.07) is 1.46. The normalized spacial score (nSPS) is 12.0. The van der Waals surface area contributed by atoms with E-state index in [0.29, 0.717) is 0 Å². The van der Waals surface area contributed by atoms with Crippen LogP contribution in [0, 0.1) is 0 Å². The van der Waals surface area contributed by atoms with Crippen LogP contribution in [-0.4, -0.2) is 27.2 Å². The summed E-state index contributed by atoms with van der Waals surface area (Å²) in [4.78, 5) is 0. The van der Waals surface area contributed by atoms with Gasteiger partial charge in [0.25, 0.3) is 0 Å². The average Bonchev–Trinajstić information content (AvgIpc) is 2.06. The molecule has 13 heavy (non-hydrogen) atoms. The Balaban J connectivity index is 4.19. The highest BCUT2D eigenvalue weighted by molar-refractivity contribution is 14.1. The standard InChI is InChI=1S/C8H19IS3Si/c1-4-10-13(8-7-9,11-5-2)12-6-3/h4-8H2,1-3H3. The minimum atomic E-state index is -1.05. The van der Waals surface area contributed by atoms with Crippen LogP contribution in [0.2, 0.25) is 6.04 Å². The number of hydrogen-bond donors (Lipinski definition) is 0. The summed E-state index contributed by atoms with van der Waals surface area (Å²) in [6.07, 6.45) is 0. The van der Waals surface area contributed by atoms with Crippen LogP contribution in [0.1, 0.15) is 20.8 Å². The van der Waals surface area contributed by atoms with E-state index in [9.17, 15) is 0 Å². The third-order valence-electron chi connectivity index (χ3n) is 1.49. The smallest absolute Gasteiger partial charge is 0.162 e. The van der Waals surface area contributed by atoms with Gasteiger partial charge in [0.2, 0.25) is 5.52 Å². The topological polar surface area (TPSA) is 0 Å². The molecule has 0 atom stereocenters. The molecule has 0 saturated heterocycles. The molecule has 0 nitrogen and oxygen atoms in total. The molecule has 0 spiro atoms. The molecular formula is C8H19IS3Si. The van der Waals surface area contributed by atoms with Crippen molar-refractivity contribution in [2.45, 2.75) is 26.8 Å². The van der Waals surface area contributed by atoms with Gasteiger partial charge in [-0.25, -0.2) is 0 Å². The first-order chi connectivity index (χ1) is 6.24. The lowest BCUT2D eigenvalue weighted by molar-refractivity contribution is 1.50. The van der Waals surface area contributed by atoms with E-state index in [1.54, 1.807) is 0 Å². The molecule has 0 aromatic carbocycles. The Morgan fingerprint density at radius 2 is 1.31 bits per heavy atom. The number of halogens is 1. The Morgan fingerprint density at radius 3 is 1.54 bits per heavy atom. The van der Waals surface area contributed by atoms with Gasteiger partial charge in [0, 0.05) is 0 Å². The van der Waals surface area contributed by atoms with Crippen LogP contribution in [0.4, 0.5) is 0 Å². The van der Waals surface area contributed by atoms with Crippen molar-refractivity contribution in [3.8, 4) is 0 Å². The Morgan fingerprint density at radius 1 is 0.923 bits per heavy atom. The summed E-state index contributed by atoms with van der Waals surface area (Å²) in [5, 5.41) is 0. The zero-order valence-electron chi connectivity index (χ0n) is 8.64. The SMILES string of the molecule is CCS[Si](CCI)(SCC)SCC. The molecule has 0 aliphatic heterocycles. The predicted octanol–water partition coefficient (Wildman–Crippen LogP) is 4.62. The second-order valence-electron chi connectivity index (χ2n) is 2.42. The van der Waals surface area contributed by atoms with Gasteiger partial charge in [-0.1, -0.05) is 43.4 Å². The molecule has 0 heterocycles. The van der Waals surface area contributed by atoms with Gasteiger partial charge in [-0.15, -0.1) is 0 Å². The molecule has 0 bridgehead atoms.